The number of halogens is 2. The normalized spacial score (nSPS) is 10.6. The van der Waals surface area contributed by atoms with Crippen LogP contribution in [0.5, 0.6) is 5.88 Å². The molecule has 0 amide bonds. The lowest BCUT2D eigenvalue weighted by Crippen LogP contribution is -2.06. The molecule has 4 nitrogen and oxygen atoms in total. The molecule has 0 spiro atoms. The molecule has 18 heavy (non-hydrogen) atoms. The van der Waals surface area contributed by atoms with E-state index in [1.807, 2.05) is 0 Å². The van der Waals surface area contributed by atoms with Crippen LogP contribution in [-0.2, 0) is 5.75 Å². The summed E-state index contributed by atoms with van der Waals surface area (Å²) in [6.45, 7) is 0. The Morgan fingerprint density at radius 2 is 2.00 bits per heavy atom. The number of rotatable bonds is 3. The Morgan fingerprint density at radius 3 is 2.61 bits per heavy atom. The Morgan fingerprint density at radius 1 is 1.33 bits per heavy atom. The molecule has 0 saturated heterocycles. The van der Waals surface area contributed by atoms with Crippen LogP contribution in [0.25, 0.3) is 0 Å². The van der Waals surface area contributed by atoms with Crippen LogP contribution in [-0.4, -0.2) is 15.1 Å². The second-order valence-electron chi connectivity index (χ2n) is 3.40. The highest BCUT2D eigenvalue weighted by Crippen LogP contribution is 2.30. The lowest BCUT2D eigenvalue weighted by molar-refractivity contribution is 0.444. The van der Waals surface area contributed by atoms with Crippen LogP contribution in [0.4, 0.5) is 0 Å². The summed E-state index contributed by atoms with van der Waals surface area (Å²) in [6, 6.07) is 6.24. The summed E-state index contributed by atoms with van der Waals surface area (Å²) in [5.74, 6) is 0.136. The van der Waals surface area contributed by atoms with Crippen LogP contribution in [0.2, 0.25) is 10.0 Å². The highest BCUT2D eigenvalue weighted by Gasteiger charge is 2.07. The van der Waals surface area contributed by atoms with E-state index >= 15 is 0 Å². The van der Waals surface area contributed by atoms with Crippen molar-refractivity contribution in [1.29, 1.82) is 0 Å². The summed E-state index contributed by atoms with van der Waals surface area (Å²) in [5.41, 5.74) is 0.354. The van der Waals surface area contributed by atoms with Gasteiger partial charge in [-0.15, -0.1) is 0 Å². The number of hydrogen-bond donors (Lipinski definition) is 2. The molecule has 1 aromatic carbocycles. The van der Waals surface area contributed by atoms with E-state index in [1.54, 1.807) is 18.2 Å². The zero-order chi connectivity index (χ0) is 13.1. The van der Waals surface area contributed by atoms with Crippen molar-refractivity contribution in [3.63, 3.8) is 0 Å². The fourth-order valence-corrected chi connectivity index (χ4v) is 2.91. The molecule has 2 aromatic rings. The summed E-state index contributed by atoms with van der Waals surface area (Å²) in [5, 5.41) is 10.6. The van der Waals surface area contributed by atoms with Crippen molar-refractivity contribution in [3.05, 3.63) is 50.2 Å². The minimum atomic E-state index is -0.407. The Kier molecular flexibility index (Phi) is 4.16. The molecule has 0 unspecified atom stereocenters. The first-order valence-corrected chi connectivity index (χ1v) is 6.66. The fraction of sp³-hybridized carbons (Fsp3) is 0.0909. The number of H-pyrrole nitrogens is 1. The van der Waals surface area contributed by atoms with Crippen LogP contribution >= 0.6 is 35.0 Å². The molecule has 0 aliphatic heterocycles. The van der Waals surface area contributed by atoms with Gasteiger partial charge in [0, 0.05) is 15.8 Å². The topological polar surface area (TPSA) is 66.0 Å². The van der Waals surface area contributed by atoms with Crippen LogP contribution in [0.1, 0.15) is 5.56 Å². The second-order valence-corrected chi connectivity index (χ2v) is 5.18. The van der Waals surface area contributed by atoms with E-state index in [-0.39, 0.29) is 5.88 Å². The predicted octanol–water partition coefficient (Wildman–Crippen LogP) is 3.07. The number of aromatic amines is 1. The molecule has 0 radical (unpaired) electrons. The monoisotopic (exact) mass is 302 g/mol. The number of benzene rings is 1. The lowest BCUT2D eigenvalue weighted by Gasteiger charge is -2.05. The highest BCUT2D eigenvalue weighted by molar-refractivity contribution is 7.98. The van der Waals surface area contributed by atoms with E-state index in [0.717, 1.165) is 11.6 Å². The van der Waals surface area contributed by atoms with Gasteiger partial charge in [-0.3, -0.25) is 4.79 Å². The Hall–Kier alpha value is -1.17. The van der Waals surface area contributed by atoms with Crippen LogP contribution in [0.15, 0.2) is 34.2 Å². The van der Waals surface area contributed by atoms with Gasteiger partial charge in [0.15, 0.2) is 5.16 Å². The number of hydrogen-bond acceptors (Lipinski definition) is 4. The van der Waals surface area contributed by atoms with Crippen LogP contribution in [0, 0.1) is 0 Å². The molecule has 0 saturated carbocycles. The molecule has 0 bridgehead atoms. The van der Waals surface area contributed by atoms with Crippen molar-refractivity contribution < 1.29 is 5.11 Å². The van der Waals surface area contributed by atoms with E-state index in [9.17, 15) is 9.90 Å². The van der Waals surface area contributed by atoms with Crippen molar-refractivity contribution in [2.24, 2.45) is 0 Å². The molecule has 2 N–H and O–H groups in total. The van der Waals surface area contributed by atoms with Crippen molar-refractivity contribution in [1.82, 2.24) is 9.97 Å². The molecular weight excluding hydrogens is 295 g/mol. The summed E-state index contributed by atoms with van der Waals surface area (Å²) in [7, 11) is 0. The Bertz CT molecular complexity index is 610. The van der Waals surface area contributed by atoms with Gasteiger partial charge < -0.3 is 10.1 Å². The molecule has 7 heteroatoms. The highest BCUT2D eigenvalue weighted by atomic mass is 35.5. The van der Waals surface area contributed by atoms with Gasteiger partial charge in [-0.1, -0.05) is 41.0 Å². The average molecular weight is 303 g/mol. The van der Waals surface area contributed by atoms with Crippen LogP contribution < -0.4 is 5.56 Å². The molecular formula is C11H8Cl2N2O2S. The SMILES string of the molecule is O=c1cc(O)nc(SCc2c(Cl)cccc2Cl)[nH]1. The zero-order valence-corrected chi connectivity index (χ0v) is 11.3. The minimum Gasteiger partial charge on any atom is -0.493 e. The maximum absolute atomic E-state index is 11.1. The van der Waals surface area contributed by atoms with Gasteiger partial charge in [0.25, 0.3) is 5.56 Å². The third-order valence-electron chi connectivity index (χ3n) is 2.12. The quantitative estimate of drug-likeness (QED) is 0.675. The van der Waals surface area contributed by atoms with E-state index in [4.69, 9.17) is 23.2 Å². The molecule has 0 atom stereocenters. The molecule has 0 aliphatic rings. The Labute approximate surface area is 117 Å². The van der Waals surface area contributed by atoms with Crippen molar-refractivity contribution in [3.8, 4) is 5.88 Å². The summed E-state index contributed by atoms with van der Waals surface area (Å²) < 4.78 is 0. The van der Waals surface area contributed by atoms with Gasteiger partial charge in [-0.25, -0.2) is 0 Å². The summed E-state index contributed by atoms with van der Waals surface area (Å²) in [6.07, 6.45) is 0. The molecule has 0 aliphatic carbocycles. The zero-order valence-electron chi connectivity index (χ0n) is 8.98. The first-order valence-electron chi connectivity index (χ1n) is 4.92. The van der Waals surface area contributed by atoms with Crippen molar-refractivity contribution in [2.45, 2.75) is 10.9 Å². The number of aromatic nitrogens is 2. The molecule has 2 rings (SSSR count). The number of thioether (sulfide) groups is 1. The number of nitrogens with one attached hydrogen (secondary N) is 1. The molecule has 94 valence electrons. The van der Waals surface area contributed by atoms with E-state index < -0.39 is 5.56 Å². The van der Waals surface area contributed by atoms with Gasteiger partial charge >= 0.3 is 0 Å². The predicted molar refractivity (Wildman–Crippen MR) is 72.5 cm³/mol. The third-order valence-corrected chi connectivity index (χ3v) is 3.73. The number of aromatic hydroxyl groups is 1. The summed E-state index contributed by atoms with van der Waals surface area (Å²) >= 11 is 13.3. The smallest absolute Gasteiger partial charge is 0.255 e. The van der Waals surface area contributed by atoms with Crippen molar-refractivity contribution in [2.75, 3.05) is 0 Å². The van der Waals surface area contributed by atoms with Gasteiger partial charge in [-0.2, -0.15) is 4.98 Å². The van der Waals surface area contributed by atoms with Gasteiger partial charge in [-0.05, 0) is 17.7 Å². The van der Waals surface area contributed by atoms with E-state index in [0.29, 0.717) is 21.0 Å². The first-order chi connectivity index (χ1) is 8.56. The number of nitrogens with zero attached hydrogens (tertiary/aromatic N) is 1. The molecule has 1 heterocycles. The standard InChI is InChI=1S/C11H8Cl2N2O2S/c12-7-2-1-3-8(13)6(7)5-18-11-14-9(16)4-10(17)15-11/h1-4H,5H2,(H2,14,15,16,17). The fourth-order valence-electron chi connectivity index (χ4n) is 1.30. The maximum Gasteiger partial charge on any atom is 0.255 e. The van der Waals surface area contributed by atoms with Gasteiger partial charge in [0.1, 0.15) is 0 Å². The largest absolute Gasteiger partial charge is 0.493 e. The third kappa shape index (κ3) is 3.19. The van der Waals surface area contributed by atoms with Gasteiger partial charge in [0.2, 0.25) is 5.88 Å². The second kappa shape index (κ2) is 5.65. The first kappa shape index (κ1) is 13.3. The molecule has 0 fully saturated rings. The van der Waals surface area contributed by atoms with E-state index in [2.05, 4.69) is 9.97 Å². The maximum atomic E-state index is 11.1. The minimum absolute atomic E-state index is 0.313. The summed E-state index contributed by atoms with van der Waals surface area (Å²) in [4.78, 5) is 17.4. The van der Waals surface area contributed by atoms with Crippen LogP contribution in [0.3, 0.4) is 0 Å². The lowest BCUT2D eigenvalue weighted by atomic mass is 10.2. The van der Waals surface area contributed by atoms with Gasteiger partial charge in [0.05, 0.1) is 6.07 Å². The van der Waals surface area contributed by atoms with E-state index in [1.165, 1.54) is 11.8 Å². The average Bonchev–Trinajstić information content (AvgIpc) is 2.27. The van der Waals surface area contributed by atoms with Crippen molar-refractivity contribution >= 4 is 35.0 Å². The Balaban J connectivity index is 2.19. The molecule has 1 aromatic heterocycles.